The molecule has 0 unspecified atom stereocenters. The lowest BCUT2D eigenvalue weighted by Crippen LogP contribution is -2.47. The predicted molar refractivity (Wildman–Crippen MR) is 75.4 cm³/mol. The standard InChI is InChI=1S/C14H16BNO3/c1-10(17)16-14(15(18)19)9-12-7-4-6-11-5-2-3-8-13(11)12/h2-8,14,18-19H,9H2,1H3,(H,16,17)/t14-/m0/s1. The highest BCUT2D eigenvalue weighted by Crippen LogP contribution is 2.19. The molecule has 3 N–H and O–H groups in total. The summed E-state index contributed by atoms with van der Waals surface area (Å²) in [5.41, 5.74) is 0.977. The van der Waals surface area contributed by atoms with Gasteiger partial charge in [-0.05, 0) is 22.8 Å². The molecule has 98 valence electrons. The number of fused-ring (bicyclic) bond motifs is 1. The quantitative estimate of drug-likeness (QED) is 0.713. The molecule has 0 aliphatic carbocycles. The van der Waals surface area contributed by atoms with Crippen LogP contribution < -0.4 is 5.32 Å². The minimum atomic E-state index is -1.58. The lowest BCUT2D eigenvalue weighted by atomic mass is 9.75. The topological polar surface area (TPSA) is 69.6 Å². The van der Waals surface area contributed by atoms with E-state index in [0.717, 1.165) is 16.3 Å². The van der Waals surface area contributed by atoms with Crippen molar-refractivity contribution in [1.29, 1.82) is 0 Å². The highest BCUT2D eigenvalue weighted by atomic mass is 16.4. The van der Waals surface area contributed by atoms with Gasteiger partial charge in [-0.3, -0.25) is 4.79 Å². The summed E-state index contributed by atoms with van der Waals surface area (Å²) in [4.78, 5) is 11.1. The summed E-state index contributed by atoms with van der Waals surface area (Å²) >= 11 is 0. The molecule has 0 saturated heterocycles. The van der Waals surface area contributed by atoms with E-state index in [-0.39, 0.29) is 5.91 Å². The summed E-state index contributed by atoms with van der Waals surface area (Å²) in [5.74, 6) is -0.985. The van der Waals surface area contributed by atoms with Crippen LogP contribution in [0.3, 0.4) is 0 Å². The van der Waals surface area contributed by atoms with Gasteiger partial charge in [-0.2, -0.15) is 0 Å². The Hall–Kier alpha value is -1.85. The molecule has 0 spiro atoms. The maximum atomic E-state index is 11.1. The smallest absolute Gasteiger partial charge is 0.426 e. The Morgan fingerprint density at radius 1 is 1.21 bits per heavy atom. The Morgan fingerprint density at radius 2 is 1.89 bits per heavy atom. The number of rotatable bonds is 4. The van der Waals surface area contributed by atoms with Crippen LogP contribution in [0.25, 0.3) is 10.8 Å². The van der Waals surface area contributed by atoms with Crippen LogP contribution >= 0.6 is 0 Å². The van der Waals surface area contributed by atoms with Crippen molar-refractivity contribution >= 4 is 23.8 Å². The van der Waals surface area contributed by atoms with Gasteiger partial charge >= 0.3 is 7.12 Å². The second kappa shape index (κ2) is 5.86. The van der Waals surface area contributed by atoms with Gasteiger partial charge in [0.15, 0.2) is 0 Å². The fourth-order valence-corrected chi connectivity index (χ4v) is 2.20. The zero-order valence-electron chi connectivity index (χ0n) is 10.7. The number of carbonyl (C=O) groups is 1. The Morgan fingerprint density at radius 3 is 2.58 bits per heavy atom. The molecule has 1 amide bonds. The first kappa shape index (κ1) is 13.6. The molecule has 1 atom stereocenters. The molecule has 0 radical (unpaired) electrons. The number of nitrogens with one attached hydrogen (secondary N) is 1. The van der Waals surface area contributed by atoms with E-state index in [1.165, 1.54) is 6.92 Å². The lowest BCUT2D eigenvalue weighted by molar-refractivity contribution is -0.119. The number of hydrogen-bond acceptors (Lipinski definition) is 3. The number of carbonyl (C=O) groups excluding carboxylic acids is 1. The van der Waals surface area contributed by atoms with E-state index in [9.17, 15) is 14.8 Å². The van der Waals surface area contributed by atoms with Gasteiger partial charge in [0.05, 0.1) is 5.94 Å². The Labute approximate surface area is 112 Å². The van der Waals surface area contributed by atoms with Gasteiger partial charge in [0.25, 0.3) is 0 Å². The second-order valence-electron chi connectivity index (χ2n) is 4.56. The molecule has 2 rings (SSSR count). The second-order valence-corrected chi connectivity index (χ2v) is 4.56. The van der Waals surface area contributed by atoms with Crippen molar-refractivity contribution < 1.29 is 14.8 Å². The Bertz CT molecular complexity index is 580. The highest BCUT2D eigenvalue weighted by molar-refractivity contribution is 6.43. The van der Waals surface area contributed by atoms with Gasteiger partial charge in [0, 0.05) is 6.92 Å². The molecular formula is C14H16BNO3. The fraction of sp³-hybridized carbons (Fsp3) is 0.214. The third-order valence-electron chi connectivity index (χ3n) is 3.07. The van der Waals surface area contributed by atoms with Crippen LogP contribution in [0, 0.1) is 0 Å². The van der Waals surface area contributed by atoms with Crippen molar-refractivity contribution in [2.75, 3.05) is 0 Å². The van der Waals surface area contributed by atoms with Gasteiger partial charge in [-0.25, -0.2) is 0 Å². The maximum Gasteiger partial charge on any atom is 0.475 e. The molecule has 2 aromatic carbocycles. The van der Waals surface area contributed by atoms with Gasteiger partial charge in [-0.15, -0.1) is 0 Å². The van der Waals surface area contributed by atoms with Crippen LogP contribution in [0.15, 0.2) is 42.5 Å². The van der Waals surface area contributed by atoms with E-state index in [0.29, 0.717) is 6.42 Å². The van der Waals surface area contributed by atoms with E-state index in [1.807, 2.05) is 42.5 Å². The normalized spacial score (nSPS) is 12.2. The van der Waals surface area contributed by atoms with E-state index in [4.69, 9.17) is 0 Å². The van der Waals surface area contributed by atoms with Crippen LogP contribution in [-0.4, -0.2) is 29.0 Å². The maximum absolute atomic E-state index is 11.1. The number of benzene rings is 2. The molecule has 0 heterocycles. The van der Waals surface area contributed by atoms with E-state index in [2.05, 4.69) is 5.32 Å². The van der Waals surface area contributed by atoms with Crippen LogP contribution in [0.4, 0.5) is 0 Å². The first-order chi connectivity index (χ1) is 9.08. The summed E-state index contributed by atoms with van der Waals surface area (Å²) in [6.07, 6.45) is 0.374. The van der Waals surface area contributed by atoms with E-state index < -0.39 is 13.1 Å². The predicted octanol–water partition coefficient (Wildman–Crippen LogP) is 0.899. The average molecular weight is 257 g/mol. The monoisotopic (exact) mass is 257 g/mol. The average Bonchev–Trinajstić information content (AvgIpc) is 2.37. The van der Waals surface area contributed by atoms with Crippen molar-refractivity contribution in [2.24, 2.45) is 0 Å². The number of hydrogen-bond donors (Lipinski definition) is 3. The van der Waals surface area contributed by atoms with Crippen molar-refractivity contribution in [3.8, 4) is 0 Å². The molecule has 19 heavy (non-hydrogen) atoms. The summed E-state index contributed by atoms with van der Waals surface area (Å²) in [6, 6.07) is 13.7. The third kappa shape index (κ3) is 3.33. The molecule has 0 aliphatic rings. The van der Waals surface area contributed by atoms with Gasteiger partial charge in [-0.1, -0.05) is 42.5 Å². The van der Waals surface area contributed by atoms with Crippen molar-refractivity contribution in [3.05, 3.63) is 48.0 Å². The van der Waals surface area contributed by atoms with Gasteiger partial charge < -0.3 is 15.4 Å². The minimum Gasteiger partial charge on any atom is -0.426 e. The van der Waals surface area contributed by atoms with Gasteiger partial charge in [0.1, 0.15) is 0 Å². The largest absolute Gasteiger partial charge is 0.475 e. The zero-order valence-corrected chi connectivity index (χ0v) is 10.7. The molecule has 0 saturated carbocycles. The summed E-state index contributed by atoms with van der Waals surface area (Å²) in [5, 5.41) is 23.4. The van der Waals surface area contributed by atoms with Crippen molar-refractivity contribution in [1.82, 2.24) is 5.32 Å². The molecule has 2 aromatic rings. The van der Waals surface area contributed by atoms with Crippen molar-refractivity contribution in [3.63, 3.8) is 0 Å². The summed E-state index contributed by atoms with van der Waals surface area (Å²) < 4.78 is 0. The van der Waals surface area contributed by atoms with Crippen LogP contribution in [0.5, 0.6) is 0 Å². The minimum absolute atomic E-state index is 0.279. The molecule has 4 nitrogen and oxygen atoms in total. The first-order valence-electron chi connectivity index (χ1n) is 6.18. The highest BCUT2D eigenvalue weighted by Gasteiger charge is 2.24. The molecule has 5 heteroatoms. The van der Waals surface area contributed by atoms with E-state index >= 15 is 0 Å². The van der Waals surface area contributed by atoms with E-state index in [1.54, 1.807) is 0 Å². The third-order valence-corrected chi connectivity index (χ3v) is 3.07. The number of amides is 1. The first-order valence-corrected chi connectivity index (χ1v) is 6.18. The van der Waals surface area contributed by atoms with Crippen LogP contribution in [-0.2, 0) is 11.2 Å². The lowest BCUT2D eigenvalue weighted by Gasteiger charge is -2.17. The molecule has 0 bridgehead atoms. The van der Waals surface area contributed by atoms with Crippen molar-refractivity contribution in [2.45, 2.75) is 19.3 Å². The van der Waals surface area contributed by atoms with Crippen LogP contribution in [0.2, 0.25) is 0 Å². The molecule has 0 fully saturated rings. The van der Waals surface area contributed by atoms with Gasteiger partial charge in [0.2, 0.25) is 5.91 Å². The Balaban J connectivity index is 2.31. The summed E-state index contributed by atoms with van der Waals surface area (Å²) in [7, 11) is -1.58. The Kier molecular flexibility index (Phi) is 4.19. The van der Waals surface area contributed by atoms with Crippen LogP contribution in [0.1, 0.15) is 12.5 Å². The zero-order chi connectivity index (χ0) is 13.8. The fourth-order valence-electron chi connectivity index (χ4n) is 2.20. The summed E-state index contributed by atoms with van der Waals surface area (Å²) in [6.45, 7) is 1.36. The molecule has 0 aliphatic heterocycles. The SMILES string of the molecule is CC(=O)N[C@@H](Cc1cccc2ccccc12)B(O)O. The molecule has 0 aromatic heterocycles. The molecular weight excluding hydrogens is 241 g/mol.